The molecule has 0 spiro atoms. The molecule has 0 radical (unpaired) electrons. The Morgan fingerprint density at radius 3 is 2.37 bits per heavy atom. The molecule has 1 heterocycles. The monoisotopic (exact) mass is 365 g/mol. The van der Waals surface area contributed by atoms with E-state index in [1.165, 1.54) is 12.1 Å². The van der Waals surface area contributed by atoms with Gasteiger partial charge in [-0.15, -0.1) is 0 Å². The van der Waals surface area contributed by atoms with Gasteiger partial charge in [-0.25, -0.2) is 9.82 Å². The van der Waals surface area contributed by atoms with Crippen molar-refractivity contribution in [2.24, 2.45) is 5.10 Å². The Labute approximate surface area is 157 Å². The molecule has 0 aliphatic heterocycles. The Balaban J connectivity index is 1.71. The van der Waals surface area contributed by atoms with E-state index in [0.29, 0.717) is 24.4 Å². The van der Waals surface area contributed by atoms with Crippen molar-refractivity contribution in [3.63, 3.8) is 0 Å². The van der Waals surface area contributed by atoms with Crippen molar-refractivity contribution in [2.75, 3.05) is 29.7 Å². The number of anilines is 3. The van der Waals surface area contributed by atoms with Crippen LogP contribution in [0.4, 0.5) is 22.2 Å². The van der Waals surface area contributed by atoms with Gasteiger partial charge in [0.15, 0.2) is 0 Å². The highest BCUT2D eigenvalue weighted by Gasteiger charge is 2.07. The van der Waals surface area contributed by atoms with Gasteiger partial charge in [-0.3, -0.25) is 0 Å². The van der Waals surface area contributed by atoms with Crippen LogP contribution in [0.5, 0.6) is 0 Å². The zero-order valence-corrected chi connectivity index (χ0v) is 15.1. The fourth-order valence-electron chi connectivity index (χ4n) is 2.18. The maximum Gasteiger partial charge on any atom is 0.250 e. The van der Waals surface area contributed by atoms with Crippen LogP contribution in [0.1, 0.15) is 11.1 Å². The van der Waals surface area contributed by atoms with Crippen LogP contribution in [-0.4, -0.2) is 35.3 Å². The first-order chi connectivity index (χ1) is 13.1. The molecule has 3 aromatic rings. The van der Waals surface area contributed by atoms with Crippen LogP contribution in [-0.2, 0) is 6.54 Å². The highest BCUT2D eigenvalue weighted by molar-refractivity contribution is 5.79. The highest BCUT2D eigenvalue weighted by Crippen LogP contribution is 2.12. The minimum Gasteiger partial charge on any atom is -0.350 e. The minimum atomic E-state index is -0.290. The van der Waals surface area contributed by atoms with E-state index in [1.54, 1.807) is 23.2 Å². The van der Waals surface area contributed by atoms with E-state index in [0.717, 1.165) is 11.1 Å². The van der Waals surface area contributed by atoms with Gasteiger partial charge in [0.2, 0.25) is 17.8 Å². The van der Waals surface area contributed by atoms with Crippen molar-refractivity contribution in [3.05, 3.63) is 71.5 Å². The normalized spacial score (nSPS) is 10.8. The quantitative estimate of drug-likeness (QED) is 0.495. The predicted molar refractivity (Wildman–Crippen MR) is 106 cm³/mol. The van der Waals surface area contributed by atoms with Gasteiger partial charge in [0.05, 0.1) is 6.21 Å². The van der Waals surface area contributed by atoms with Crippen LogP contribution >= 0.6 is 0 Å². The lowest BCUT2D eigenvalue weighted by atomic mass is 10.2. The molecule has 0 atom stereocenters. The minimum absolute atomic E-state index is 0.290. The highest BCUT2D eigenvalue weighted by atomic mass is 19.1. The molecule has 7 nitrogen and oxygen atoms in total. The van der Waals surface area contributed by atoms with Gasteiger partial charge in [-0.05, 0) is 23.3 Å². The van der Waals surface area contributed by atoms with Crippen molar-refractivity contribution in [1.82, 2.24) is 15.0 Å². The summed E-state index contributed by atoms with van der Waals surface area (Å²) in [5, 5.41) is 7.29. The summed E-state index contributed by atoms with van der Waals surface area (Å²) in [6.07, 6.45) is 1.57. The lowest BCUT2D eigenvalue weighted by Crippen LogP contribution is -2.16. The molecule has 27 heavy (non-hydrogen) atoms. The summed E-state index contributed by atoms with van der Waals surface area (Å²) < 4.78 is 12.9. The van der Waals surface area contributed by atoms with Crippen molar-refractivity contribution in [2.45, 2.75) is 6.54 Å². The van der Waals surface area contributed by atoms with E-state index < -0.39 is 0 Å². The van der Waals surface area contributed by atoms with Crippen LogP contribution in [0.25, 0.3) is 0 Å². The molecule has 0 bridgehead atoms. The van der Waals surface area contributed by atoms with Crippen molar-refractivity contribution in [1.29, 1.82) is 0 Å². The van der Waals surface area contributed by atoms with Gasteiger partial charge >= 0.3 is 0 Å². The zero-order chi connectivity index (χ0) is 19.1. The molecule has 8 heteroatoms. The van der Waals surface area contributed by atoms with E-state index in [2.05, 4.69) is 30.8 Å². The van der Waals surface area contributed by atoms with E-state index in [1.807, 2.05) is 44.4 Å². The Morgan fingerprint density at radius 2 is 1.67 bits per heavy atom. The summed E-state index contributed by atoms with van der Waals surface area (Å²) in [5.74, 6) is 0.960. The average Bonchev–Trinajstić information content (AvgIpc) is 2.68. The van der Waals surface area contributed by atoms with E-state index >= 15 is 0 Å². The Kier molecular flexibility index (Phi) is 5.88. The van der Waals surface area contributed by atoms with E-state index in [9.17, 15) is 4.39 Å². The number of benzene rings is 2. The number of rotatable bonds is 7. The SMILES string of the molecule is CN(C)c1nc(NCc2ccccc2)nc(N/N=C\c2ccc(F)cc2)n1. The molecule has 3 rings (SSSR count). The summed E-state index contributed by atoms with van der Waals surface area (Å²) in [6, 6.07) is 16.0. The molecule has 0 aliphatic rings. The summed E-state index contributed by atoms with van der Waals surface area (Å²) in [7, 11) is 3.70. The van der Waals surface area contributed by atoms with Gasteiger partial charge in [0, 0.05) is 20.6 Å². The number of halogens is 1. The first kappa shape index (κ1) is 18.2. The third-order valence-corrected chi connectivity index (χ3v) is 3.57. The number of hydrogen-bond donors (Lipinski definition) is 2. The topological polar surface area (TPSA) is 78.3 Å². The van der Waals surface area contributed by atoms with Crippen LogP contribution in [0.3, 0.4) is 0 Å². The zero-order valence-electron chi connectivity index (χ0n) is 15.1. The van der Waals surface area contributed by atoms with Gasteiger partial charge in [0.1, 0.15) is 5.82 Å². The summed E-state index contributed by atoms with van der Waals surface area (Å²) in [6.45, 7) is 0.593. The van der Waals surface area contributed by atoms with Gasteiger partial charge in [-0.2, -0.15) is 20.1 Å². The third kappa shape index (κ3) is 5.46. The molecular weight excluding hydrogens is 345 g/mol. The Morgan fingerprint density at radius 1 is 0.963 bits per heavy atom. The van der Waals surface area contributed by atoms with Crippen LogP contribution in [0.2, 0.25) is 0 Å². The number of hydrogen-bond acceptors (Lipinski definition) is 7. The molecule has 0 saturated heterocycles. The summed E-state index contributed by atoms with van der Waals surface area (Å²) in [5.41, 5.74) is 4.66. The standard InChI is InChI=1S/C19H20FN7/c1-27(2)19-24-17(21-12-14-6-4-3-5-7-14)23-18(25-19)26-22-13-15-8-10-16(20)11-9-15/h3-11,13H,12H2,1-2H3,(H2,21,23,24,25,26)/b22-13-. The van der Waals surface area contributed by atoms with Crippen LogP contribution in [0.15, 0.2) is 59.7 Å². The predicted octanol–water partition coefficient (Wildman–Crippen LogP) is 3.13. The third-order valence-electron chi connectivity index (χ3n) is 3.57. The largest absolute Gasteiger partial charge is 0.350 e. The first-order valence-electron chi connectivity index (χ1n) is 8.36. The lowest BCUT2D eigenvalue weighted by Gasteiger charge is -2.13. The maximum atomic E-state index is 12.9. The molecule has 0 saturated carbocycles. The molecule has 0 amide bonds. The Hall–Kier alpha value is -3.55. The molecule has 0 fully saturated rings. The number of nitrogens with one attached hydrogen (secondary N) is 2. The fraction of sp³-hybridized carbons (Fsp3) is 0.158. The average molecular weight is 365 g/mol. The molecule has 138 valence electrons. The molecular formula is C19H20FN7. The van der Waals surface area contributed by atoms with Gasteiger partial charge < -0.3 is 10.2 Å². The number of aromatic nitrogens is 3. The van der Waals surface area contributed by atoms with Crippen molar-refractivity contribution >= 4 is 24.1 Å². The number of nitrogens with zero attached hydrogens (tertiary/aromatic N) is 5. The van der Waals surface area contributed by atoms with Crippen LogP contribution < -0.4 is 15.6 Å². The second-order valence-corrected chi connectivity index (χ2v) is 5.94. The van der Waals surface area contributed by atoms with Crippen molar-refractivity contribution < 1.29 is 4.39 Å². The first-order valence-corrected chi connectivity index (χ1v) is 8.36. The van der Waals surface area contributed by atoms with E-state index in [-0.39, 0.29) is 5.82 Å². The molecule has 2 aromatic carbocycles. The molecule has 1 aromatic heterocycles. The van der Waals surface area contributed by atoms with Crippen molar-refractivity contribution in [3.8, 4) is 0 Å². The van der Waals surface area contributed by atoms with Gasteiger partial charge in [0.25, 0.3) is 0 Å². The second-order valence-electron chi connectivity index (χ2n) is 5.94. The fourth-order valence-corrected chi connectivity index (χ4v) is 2.18. The second kappa shape index (κ2) is 8.70. The Bertz CT molecular complexity index is 896. The number of hydrazone groups is 1. The van der Waals surface area contributed by atoms with Gasteiger partial charge in [-0.1, -0.05) is 42.5 Å². The molecule has 2 N–H and O–H groups in total. The summed E-state index contributed by atoms with van der Waals surface area (Å²) in [4.78, 5) is 14.8. The molecule has 0 unspecified atom stereocenters. The smallest absolute Gasteiger partial charge is 0.250 e. The maximum absolute atomic E-state index is 12.9. The summed E-state index contributed by atoms with van der Waals surface area (Å²) >= 11 is 0. The lowest BCUT2D eigenvalue weighted by molar-refractivity contribution is 0.628. The van der Waals surface area contributed by atoms with E-state index in [4.69, 9.17) is 0 Å². The van der Waals surface area contributed by atoms with Crippen LogP contribution in [0, 0.1) is 5.82 Å². The molecule has 0 aliphatic carbocycles.